The smallest absolute Gasteiger partial charge is 0.0251 e. The van der Waals surface area contributed by atoms with Crippen molar-refractivity contribution in [2.45, 2.75) is 13.3 Å². The molecule has 1 aromatic carbocycles. The summed E-state index contributed by atoms with van der Waals surface area (Å²) >= 11 is 0. The van der Waals surface area contributed by atoms with Crippen LogP contribution in [-0.4, -0.2) is 0 Å². The number of hydrogen-bond donors (Lipinski definition) is 0. The van der Waals surface area contributed by atoms with Gasteiger partial charge in [-0.05, 0) is 30.2 Å². The molecule has 0 unspecified atom stereocenters. The summed E-state index contributed by atoms with van der Waals surface area (Å²) in [5.74, 6) is 2.57. The molecule has 0 saturated carbocycles. The maximum atomic E-state index is 5.20. The predicted octanol–water partition coefficient (Wildman–Crippen LogP) is 2.03. The lowest BCUT2D eigenvalue weighted by Gasteiger charge is -1.94. The first-order valence-corrected chi connectivity index (χ1v) is 3.33. The topological polar surface area (TPSA) is 0 Å². The average molecular weight is 129 g/mol. The molecule has 0 aliphatic carbocycles. The zero-order valence-electron chi connectivity index (χ0n) is 6.02. The Morgan fingerprint density at radius 1 is 1.60 bits per heavy atom. The zero-order valence-corrected chi connectivity index (χ0v) is 6.02. The van der Waals surface area contributed by atoms with Crippen LogP contribution in [0.25, 0.3) is 0 Å². The molecule has 1 rings (SSSR count). The fourth-order valence-corrected chi connectivity index (χ4v) is 0.809. The summed E-state index contributed by atoms with van der Waals surface area (Å²) in [7, 11) is 0. The first kappa shape index (κ1) is 6.89. The van der Waals surface area contributed by atoms with Gasteiger partial charge in [0.2, 0.25) is 0 Å². The van der Waals surface area contributed by atoms with Crippen LogP contribution in [0.3, 0.4) is 0 Å². The standard InChI is InChI=1S/C10H9/c1-3-9-6-5-7-10(4-2)8-9/h1,6-8H,4H2,2H3. The zero-order chi connectivity index (χ0) is 7.40. The lowest BCUT2D eigenvalue weighted by Crippen LogP contribution is -1.80. The van der Waals surface area contributed by atoms with E-state index in [2.05, 4.69) is 18.9 Å². The molecule has 0 aliphatic heterocycles. The Balaban J connectivity index is 3.01. The Bertz CT molecular complexity index is 253. The van der Waals surface area contributed by atoms with Gasteiger partial charge in [0, 0.05) is 5.56 Å². The van der Waals surface area contributed by atoms with E-state index in [9.17, 15) is 0 Å². The van der Waals surface area contributed by atoms with Crippen LogP contribution in [0.1, 0.15) is 18.1 Å². The van der Waals surface area contributed by atoms with Gasteiger partial charge < -0.3 is 0 Å². The van der Waals surface area contributed by atoms with Crippen molar-refractivity contribution < 1.29 is 0 Å². The van der Waals surface area contributed by atoms with E-state index in [-0.39, 0.29) is 0 Å². The van der Waals surface area contributed by atoms with Crippen molar-refractivity contribution in [2.24, 2.45) is 0 Å². The fourth-order valence-electron chi connectivity index (χ4n) is 0.809. The second-order valence-electron chi connectivity index (χ2n) is 2.13. The van der Waals surface area contributed by atoms with E-state index in [1.54, 1.807) is 0 Å². The van der Waals surface area contributed by atoms with Crippen molar-refractivity contribution in [3.05, 3.63) is 35.4 Å². The molecule has 0 bridgehead atoms. The molecule has 49 valence electrons. The Labute approximate surface area is 61.9 Å². The Morgan fingerprint density at radius 2 is 2.40 bits per heavy atom. The maximum Gasteiger partial charge on any atom is 0.0251 e. The minimum Gasteiger partial charge on any atom is -0.115 e. The molecule has 0 heterocycles. The fraction of sp³-hybridized carbons (Fsp3) is 0.200. The second kappa shape index (κ2) is 3.08. The summed E-state index contributed by atoms with van der Waals surface area (Å²) in [6.45, 7) is 2.10. The molecule has 0 heteroatoms. The molecule has 0 saturated heterocycles. The lowest BCUT2D eigenvalue weighted by molar-refractivity contribution is 1.14. The molecule has 0 atom stereocenters. The molecule has 0 aromatic heterocycles. The highest BCUT2D eigenvalue weighted by Gasteiger charge is 1.88. The summed E-state index contributed by atoms with van der Waals surface area (Å²) in [6.07, 6.45) is 6.22. The molecule has 0 N–H and O–H groups in total. The number of benzene rings is 1. The average Bonchev–Trinajstić information content (AvgIpc) is 2.05. The highest BCUT2D eigenvalue weighted by atomic mass is 13.9. The van der Waals surface area contributed by atoms with Crippen molar-refractivity contribution in [1.29, 1.82) is 0 Å². The van der Waals surface area contributed by atoms with Crippen LogP contribution >= 0.6 is 0 Å². The van der Waals surface area contributed by atoms with Gasteiger partial charge in [0.1, 0.15) is 0 Å². The summed E-state index contributed by atoms with van der Waals surface area (Å²) < 4.78 is 0. The predicted molar refractivity (Wildman–Crippen MR) is 42.6 cm³/mol. The molecule has 1 radical (unpaired) electrons. The molecule has 0 aliphatic rings. The van der Waals surface area contributed by atoms with E-state index in [1.165, 1.54) is 5.56 Å². The third kappa shape index (κ3) is 1.39. The molecular formula is C10H9. The van der Waals surface area contributed by atoms with Crippen LogP contribution in [0.15, 0.2) is 18.2 Å². The molecule has 0 spiro atoms. The lowest BCUT2D eigenvalue weighted by atomic mass is 10.1. The first-order valence-electron chi connectivity index (χ1n) is 3.33. The largest absolute Gasteiger partial charge is 0.115 e. The molecule has 0 nitrogen and oxygen atoms in total. The van der Waals surface area contributed by atoms with E-state index in [1.807, 2.05) is 18.2 Å². The Morgan fingerprint density at radius 3 is 3.00 bits per heavy atom. The minimum absolute atomic E-state index is 0.916. The number of rotatable bonds is 1. The number of terminal acetylenes is 1. The normalized spacial score (nSPS) is 8.80. The highest BCUT2D eigenvalue weighted by Crippen LogP contribution is 2.02. The number of hydrogen-bond acceptors (Lipinski definition) is 0. The van der Waals surface area contributed by atoms with Crippen LogP contribution in [-0.2, 0) is 6.42 Å². The van der Waals surface area contributed by atoms with E-state index in [0.29, 0.717) is 0 Å². The third-order valence-corrected chi connectivity index (χ3v) is 1.42. The summed E-state index contributed by atoms with van der Waals surface area (Å²) in [5.41, 5.74) is 2.16. The SMILES string of the molecule is C#Cc1c[c]cc(CC)c1. The molecule has 10 heavy (non-hydrogen) atoms. The van der Waals surface area contributed by atoms with Crippen LogP contribution in [0.5, 0.6) is 0 Å². The van der Waals surface area contributed by atoms with E-state index < -0.39 is 0 Å². The van der Waals surface area contributed by atoms with Gasteiger partial charge in [-0.3, -0.25) is 0 Å². The molecular weight excluding hydrogens is 120 g/mol. The highest BCUT2D eigenvalue weighted by molar-refractivity contribution is 5.34. The van der Waals surface area contributed by atoms with Crippen molar-refractivity contribution >= 4 is 0 Å². The van der Waals surface area contributed by atoms with Gasteiger partial charge >= 0.3 is 0 Å². The van der Waals surface area contributed by atoms with Crippen LogP contribution in [0, 0.1) is 18.4 Å². The first-order chi connectivity index (χ1) is 4.86. The van der Waals surface area contributed by atoms with Gasteiger partial charge in [-0.25, -0.2) is 0 Å². The monoisotopic (exact) mass is 129 g/mol. The van der Waals surface area contributed by atoms with Gasteiger partial charge in [0.15, 0.2) is 0 Å². The summed E-state index contributed by atoms with van der Waals surface area (Å²) in [6, 6.07) is 8.78. The van der Waals surface area contributed by atoms with Gasteiger partial charge in [-0.2, -0.15) is 0 Å². The van der Waals surface area contributed by atoms with Gasteiger partial charge in [-0.15, -0.1) is 6.42 Å². The van der Waals surface area contributed by atoms with E-state index >= 15 is 0 Å². The molecule has 0 amide bonds. The molecule has 0 fully saturated rings. The van der Waals surface area contributed by atoms with Gasteiger partial charge in [0.05, 0.1) is 0 Å². The van der Waals surface area contributed by atoms with Crippen molar-refractivity contribution in [3.63, 3.8) is 0 Å². The third-order valence-electron chi connectivity index (χ3n) is 1.42. The summed E-state index contributed by atoms with van der Waals surface area (Å²) in [4.78, 5) is 0. The number of aryl methyl sites for hydroxylation is 1. The van der Waals surface area contributed by atoms with Crippen LogP contribution < -0.4 is 0 Å². The van der Waals surface area contributed by atoms with Crippen molar-refractivity contribution in [1.82, 2.24) is 0 Å². The van der Waals surface area contributed by atoms with E-state index in [0.717, 1.165) is 12.0 Å². The van der Waals surface area contributed by atoms with Gasteiger partial charge in [-0.1, -0.05) is 18.9 Å². The summed E-state index contributed by atoms with van der Waals surface area (Å²) in [5, 5.41) is 0. The second-order valence-corrected chi connectivity index (χ2v) is 2.13. The Kier molecular flexibility index (Phi) is 2.12. The van der Waals surface area contributed by atoms with Crippen LogP contribution in [0.4, 0.5) is 0 Å². The maximum absolute atomic E-state index is 5.20. The molecule has 1 aromatic rings. The van der Waals surface area contributed by atoms with Gasteiger partial charge in [0.25, 0.3) is 0 Å². The quantitative estimate of drug-likeness (QED) is 0.509. The van der Waals surface area contributed by atoms with Crippen molar-refractivity contribution in [2.75, 3.05) is 0 Å². The van der Waals surface area contributed by atoms with Crippen LogP contribution in [0.2, 0.25) is 0 Å². The van der Waals surface area contributed by atoms with Crippen molar-refractivity contribution in [3.8, 4) is 12.3 Å². The minimum atomic E-state index is 0.916. The van der Waals surface area contributed by atoms with E-state index in [4.69, 9.17) is 6.42 Å². The Hall–Kier alpha value is -1.22.